The van der Waals surface area contributed by atoms with Crippen LogP contribution < -0.4 is 5.32 Å². The van der Waals surface area contributed by atoms with Crippen LogP contribution in [-0.4, -0.2) is 37.6 Å². The van der Waals surface area contributed by atoms with Gasteiger partial charge < -0.3 is 20.0 Å². The van der Waals surface area contributed by atoms with Gasteiger partial charge in [0.05, 0.1) is 11.9 Å². The Morgan fingerprint density at radius 3 is 2.89 bits per heavy atom. The van der Waals surface area contributed by atoms with Gasteiger partial charge in [-0.25, -0.2) is 9.78 Å². The second-order valence-electron chi connectivity index (χ2n) is 4.21. The fourth-order valence-corrected chi connectivity index (χ4v) is 1.70. The summed E-state index contributed by atoms with van der Waals surface area (Å²) in [6.07, 6.45) is 6.51. The van der Waals surface area contributed by atoms with Gasteiger partial charge in [0.25, 0.3) is 5.91 Å². The van der Waals surface area contributed by atoms with Crippen molar-refractivity contribution < 1.29 is 14.7 Å². The van der Waals surface area contributed by atoms with Crippen LogP contribution in [0.5, 0.6) is 0 Å². The number of H-pyrrole nitrogens is 1. The summed E-state index contributed by atoms with van der Waals surface area (Å²) >= 11 is 0. The van der Waals surface area contributed by atoms with Crippen molar-refractivity contribution in [1.82, 2.24) is 19.9 Å². The maximum Gasteiger partial charge on any atom is 0.326 e. The predicted molar refractivity (Wildman–Crippen MR) is 66.6 cm³/mol. The molecule has 0 aliphatic heterocycles. The third kappa shape index (κ3) is 3.21. The Labute approximate surface area is 109 Å². The summed E-state index contributed by atoms with van der Waals surface area (Å²) in [5, 5.41) is 11.6. The summed E-state index contributed by atoms with van der Waals surface area (Å²) in [6, 6.07) is 0.637. The number of carboxylic acids is 1. The average molecular weight is 262 g/mol. The standard InChI is InChI=1S/C12H14N4O3/c1-16-3-2-8(6-16)11(17)15-10(12(18)19)4-9-5-13-7-14-9/h2-3,5-7,10H,4H2,1H3,(H,13,14)(H,15,17)(H,18,19)/t10-/m0/s1. The second kappa shape index (κ2) is 5.38. The number of aryl methyl sites for hydroxylation is 1. The molecule has 7 nitrogen and oxygen atoms in total. The molecule has 2 aromatic rings. The molecule has 0 fully saturated rings. The highest BCUT2D eigenvalue weighted by Gasteiger charge is 2.21. The molecule has 100 valence electrons. The zero-order valence-electron chi connectivity index (χ0n) is 10.3. The van der Waals surface area contributed by atoms with Gasteiger partial charge in [-0.1, -0.05) is 0 Å². The van der Waals surface area contributed by atoms with E-state index < -0.39 is 17.9 Å². The minimum atomic E-state index is -1.08. The number of aromatic amines is 1. The Balaban J connectivity index is 2.04. The quantitative estimate of drug-likeness (QED) is 0.715. The van der Waals surface area contributed by atoms with Crippen molar-refractivity contribution in [2.75, 3.05) is 0 Å². The number of imidazole rings is 1. The van der Waals surface area contributed by atoms with E-state index in [4.69, 9.17) is 5.11 Å². The fraction of sp³-hybridized carbons (Fsp3) is 0.250. The molecule has 19 heavy (non-hydrogen) atoms. The van der Waals surface area contributed by atoms with Crippen molar-refractivity contribution in [3.63, 3.8) is 0 Å². The molecule has 0 radical (unpaired) electrons. The zero-order chi connectivity index (χ0) is 13.8. The first-order valence-corrected chi connectivity index (χ1v) is 5.69. The Kier molecular flexibility index (Phi) is 3.65. The fourth-order valence-electron chi connectivity index (χ4n) is 1.70. The number of carbonyl (C=O) groups is 2. The molecule has 2 heterocycles. The number of rotatable bonds is 5. The monoisotopic (exact) mass is 262 g/mol. The topological polar surface area (TPSA) is 100 Å². The summed E-state index contributed by atoms with van der Waals surface area (Å²) in [7, 11) is 1.79. The molecule has 0 saturated carbocycles. The number of carboxylic acid groups (broad SMARTS) is 1. The zero-order valence-corrected chi connectivity index (χ0v) is 10.3. The van der Waals surface area contributed by atoms with Gasteiger partial charge in [0.2, 0.25) is 0 Å². The summed E-state index contributed by atoms with van der Waals surface area (Å²) < 4.78 is 1.72. The molecule has 0 aliphatic carbocycles. The lowest BCUT2D eigenvalue weighted by molar-refractivity contribution is -0.139. The number of nitrogens with one attached hydrogen (secondary N) is 2. The minimum Gasteiger partial charge on any atom is -0.480 e. The molecule has 0 aliphatic rings. The van der Waals surface area contributed by atoms with Gasteiger partial charge in [-0.2, -0.15) is 0 Å². The first-order chi connectivity index (χ1) is 9.06. The molecular weight excluding hydrogens is 248 g/mol. The molecule has 0 aromatic carbocycles. The normalized spacial score (nSPS) is 12.1. The minimum absolute atomic E-state index is 0.161. The molecule has 1 amide bonds. The van der Waals surface area contributed by atoms with Crippen LogP contribution in [0.25, 0.3) is 0 Å². The summed E-state index contributed by atoms with van der Waals surface area (Å²) in [4.78, 5) is 29.7. The first kappa shape index (κ1) is 12.9. The van der Waals surface area contributed by atoms with Gasteiger partial charge in [-0.05, 0) is 6.07 Å². The van der Waals surface area contributed by atoms with Crippen molar-refractivity contribution in [2.45, 2.75) is 12.5 Å². The SMILES string of the molecule is Cn1ccc(C(=O)N[C@@H](Cc2cnc[nH]2)C(=O)O)c1. The molecule has 7 heteroatoms. The Morgan fingerprint density at radius 2 is 2.37 bits per heavy atom. The predicted octanol–water partition coefficient (Wildman–Crippen LogP) is 0.174. The van der Waals surface area contributed by atoms with E-state index in [-0.39, 0.29) is 6.42 Å². The lowest BCUT2D eigenvalue weighted by atomic mass is 10.1. The molecule has 0 spiro atoms. The third-order valence-electron chi connectivity index (χ3n) is 2.68. The van der Waals surface area contributed by atoms with Crippen molar-refractivity contribution >= 4 is 11.9 Å². The first-order valence-electron chi connectivity index (χ1n) is 5.69. The van der Waals surface area contributed by atoms with Crippen LogP contribution in [0.3, 0.4) is 0 Å². The van der Waals surface area contributed by atoms with Crippen LogP contribution >= 0.6 is 0 Å². The average Bonchev–Trinajstić information content (AvgIpc) is 2.99. The molecule has 0 saturated heterocycles. The van der Waals surface area contributed by atoms with Crippen LogP contribution in [0.1, 0.15) is 16.1 Å². The van der Waals surface area contributed by atoms with E-state index in [0.717, 1.165) is 0 Å². The highest BCUT2D eigenvalue weighted by molar-refractivity contribution is 5.96. The number of carbonyl (C=O) groups excluding carboxylic acids is 1. The number of aliphatic carboxylic acids is 1. The van der Waals surface area contributed by atoms with Gasteiger partial charge in [0.1, 0.15) is 6.04 Å². The Hall–Kier alpha value is -2.57. The number of hydrogen-bond donors (Lipinski definition) is 3. The maximum absolute atomic E-state index is 11.9. The van der Waals surface area contributed by atoms with Crippen molar-refractivity contribution in [2.24, 2.45) is 7.05 Å². The van der Waals surface area contributed by atoms with Crippen LogP contribution in [0.2, 0.25) is 0 Å². The van der Waals surface area contributed by atoms with Crippen LogP contribution in [0, 0.1) is 0 Å². The van der Waals surface area contributed by atoms with E-state index >= 15 is 0 Å². The van der Waals surface area contributed by atoms with Gasteiger partial charge in [-0.15, -0.1) is 0 Å². The van der Waals surface area contributed by atoms with Gasteiger partial charge >= 0.3 is 5.97 Å². The summed E-state index contributed by atoms with van der Waals surface area (Å²) in [5.74, 6) is -1.49. The van der Waals surface area contributed by atoms with Gasteiger partial charge in [0.15, 0.2) is 0 Å². The number of nitrogens with zero attached hydrogens (tertiary/aromatic N) is 2. The highest BCUT2D eigenvalue weighted by atomic mass is 16.4. The molecule has 2 aromatic heterocycles. The van der Waals surface area contributed by atoms with Crippen LogP contribution in [0.15, 0.2) is 31.0 Å². The molecule has 2 rings (SSSR count). The third-order valence-corrected chi connectivity index (χ3v) is 2.68. The smallest absolute Gasteiger partial charge is 0.326 e. The van der Waals surface area contributed by atoms with E-state index in [1.807, 2.05) is 0 Å². The van der Waals surface area contributed by atoms with Gasteiger partial charge in [-0.3, -0.25) is 4.79 Å². The van der Waals surface area contributed by atoms with Gasteiger partial charge in [0, 0.05) is 37.8 Å². The number of aromatic nitrogens is 3. The molecule has 0 bridgehead atoms. The number of hydrogen-bond acceptors (Lipinski definition) is 3. The second-order valence-corrected chi connectivity index (χ2v) is 4.21. The highest BCUT2D eigenvalue weighted by Crippen LogP contribution is 2.03. The van der Waals surface area contributed by atoms with Crippen molar-refractivity contribution in [1.29, 1.82) is 0 Å². The van der Waals surface area contributed by atoms with E-state index in [0.29, 0.717) is 11.3 Å². The Morgan fingerprint density at radius 1 is 1.58 bits per heavy atom. The van der Waals surface area contributed by atoms with E-state index in [2.05, 4.69) is 15.3 Å². The van der Waals surface area contributed by atoms with Crippen molar-refractivity contribution in [3.05, 3.63) is 42.2 Å². The molecule has 1 atom stereocenters. The molecule has 0 unspecified atom stereocenters. The lowest BCUT2D eigenvalue weighted by Crippen LogP contribution is -2.42. The van der Waals surface area contributed by atoms with E-state index in [9.17, 15) is 9.59 Å². The summed E-state index contributed by atoms with van der Waals surface area (Å²) in [6.45, 7) is 0. The summed E-state index contributed by atoms with van der Waals surface area (Å²) in [5.41, 5.74) is 1.08. The number of amides is 1. The maximum atomic E-state index is 11.9. The molecule has 3 N–H and O–H groups in total. The largest absolute Gasteiger partial charge is 0.480 e. The van der Waals surface area contributed by atoms with E-state index in [1.54, 1.807) is 30.1 Å². The van der Waals surface area contributed by atoms with Crippen molar-refractivity contribution in [3.8, 4) is 0 Å². The van der Waals surface area contributed by atoms with Crippen LogP contribution in [0.4, 0.5) is 0 Å². The molecular formula is C12H14N4O3. The van der Waals surface area contributed by atoms with E-state index in [1.165, 1.54) is 12.5 Å². The Bertz CT molecular complexity index is 574. The van der Waals surface area contributed by atoms with Crippen LogP contribution in [-0.2, 0) is 18.3 Å². The lowest BCUT2D eigenvalue weighted by Gasteiger charge is -2.12.